The first-order valence-electron chi connectivity index (χ1n) is 20.9. The lowest BCUT2D eigenvalue weighted by Crippen LogP contribution is -2.09. The zero-order valence-corrected chi connectivity index (χ0v) is 33.8. The minimum absolute atomic E-state index is 0.615. The largest absolute Gasteiger partial charge is 0.311 e. The van der Waals surface area contributed by atoms with Crippen LogP contribution in [0.25, 0.3) is 83.9 Å². The zero-order chi connectivity index (χ0) is 41.2. The summed E-state index contributed by atoms with van der Waals surface area (Å²) in [6.45, 7) is 0. The molecule has 62 heavy (non-hydrogen) atoms. The Morgan fingerprint density at radius 1 is 0.306 bits per heavy atom. The van der Waals surface area contributed by atoms with Crippen LogP contribution in [0.1, 0.15) is 0 Å². The fourth-order valence-electron chi connectivity index (χ4n) is 8.55. The maximum atomic E-state index is 5.11. The molecular formula is C57H39N5. The molecule has 292 valence electrons. The van der Waals surface area contributed by atoms with Gasteiger partial charge < -0.3 is 9.47 Å². The molecule has 9 aromatic carbocycles. The van der Waals surface area contributed by atoms with Gasteiger partial charge in [-0.1, -0.05) is 176 Å². The highest BCUT2D eigenvalue weighted by molar-refractivity contribution is 6.14. The van der Waals surface area contributed by atoms with Crippen LogP contribution in [0.15, 0.2) is 237 Å². The SMILES string of the molecule is c1ccc(-c2nc(-c3ccccc3)nc(-c3ccc(-n4c5ccccc5c5cccc(-c6ccc(N(c7ccccc7)c7ccccc7)cc6)c54)c(-c4ccccc4)c3)n2)cc1. The van der Waals surface area contributed by atoms with Crippen molar-refractivity contribution in [3.8, 4) is 62.1 Å². The molecule has 0 spiro atoms. The van der Waals surface area contributed by atoms with Crippen molar-refractivity contribution < 1.29 is 0 Å². The summed E-state index contributed by atoms with van der Waals surface area (Å²) in [6, 6.07) is 82.9. The van der Waals surface area contributed by atoms with Gasteiger partial charge in [0, 0.05) is 55.7 Å². The molecule has 0 aliphatic rings. The molecule has 0 radical (unpaired) electrons. The summed E-state index contributed by atoms with van der Waals surface area (Å²) >= 11 is 0. The van der Waals surface area contributed by atoms with Crippen molar-refractivity contribution in [3.63, 3.8) is 0 Å². The number of hydrogen-bond donors (Lipinski definition) is 0. The van der Waals surface area contributed by atoms with Crippen molar-refractivity contribution in [1.82, 2.24) is 19.5 Å². The van der Waals surface area contributed by atoms with E-state index in [9.17, 15) is 0 Å². The summed E-state index contributed by atoms with van der Waals surface area (Å²) < 4.78 is 2.44. The Hall–Kier alpha value is -8.41. The zero-order valence-electron chi connectivity index (χ0n) is 33.8. The molecule has 0 unspecified atom stereocenters. The van der Waals surface area contributed by atoms with E-state index in [1.54, 1.807) is 0 Å². The number of benzene rings is 9. The highest BCUT2D eigenvalue weighted by atomic mass is 15.1. The molecule has 2 aromatic heterocycles. The van der Waals surface area contributed by atoms with Gasteiger partial charge in [-0.05, 0) is 71.8 Å². The molecule has 11 rings (SSSR count). The monoisotopic (exact) mass is 793 g/mol. The average molecular weight is 794 g/mol. The molecule has 5 heteroatoms. The van der Waals surface area contributed by atoms with Crippen molar-refractivity contribution >= 4 is 38.9 Å². The highest BCUT2D eigenvalue weighted by Crippen LogP contribution is 2.43. The second-order valence-corrected chi connectivity index (χ2v) is 15.2. The van der Waals surface area contributed by atoms with Crippen molar-refractivity contribution in [2.45, 2.75) is 0 Å². The van der Waals surface area contributed by atoms with Crippen molar-refractivity contribution in [1.29, 1.82) is 0 Å². The molecule has 0 bridgehead atoms. The number of anilines is 3. The van der Waals surface area contributed by atoms with Crippen LogP contribution in [0.5, 0.6) is 0 Å². The van der Waals surface area contributed by atoms with Crippen LogP contribution < -0.4 is 4.90 Å². The fourth-order valence-corrected chi connectivity index (χ4v) is 8.55. The van der Waals surface area contributed by atoms with Crippen LogP contribution in [0.4, 0.5) is 17.1 Å². The van der Waals surface area contributed by atoms with Gasteiger partial charge in [-0.2, -0.15) is 0 Å². The molecule has 0 fully saturated rings. The normalized spacial score (nSPS) is 11.2. The third kappa shape index (κ3) is 6.78. The van der Waals surface area contributed by atoms with Gasteiger partial charge in [-0.25, -0.2) is 15.0 Å². The quantitative estimate of drug-likeness (QED) is 0.146. The number of para-hydroxylation sites is 4. The van der Waals surface area contributed by atoms with Crippen LogP contribution >= 0.6 is 0 Å². The van der Waals surface area contributed by atoms with E-state index in [2.05, 4.69) is 185 Å². The Bertz CT molecular complexity index is 3220. The van der Waals surface area contributed by atoms with Crippen LogP contribution in [-0.2, 0) is 0 Å². The van der Waals surface area contributed by atoms with Crippen LogP contribution in [-0.4, -0.2) is 19.5 Å². The van der Waals surface area contributed by atoms with Gasteiger partial charge in [0.25, 0.3) is 0 Å². The van der Waals surface area contributed by atoms with Gasteiger partial charge in [0.1, 0.15) is 0 Å². The molecule has 0 atom stereocenters. The Labute approximate surface area is 360 Å². The van der Waals surface area contributed by atoms with E-state index >= 15 is 0 Å². The number of fused-ring (bicyclic) bond motifs is 3. The summed E-state index contributed by atoms with van der Waals surface area (Å²) in [6.07, 6.45) is 0. The van der Waals surface area contributed by atoms with Crippen LogP contribution in [0.2, 0.25) is 0 Å². The van der Waals surface area contributed by atoms with Crippen LogP contribution in [0.3, 0.4) is 0 Å². The molecule has 5 nitrogen and oxygen atoms in total. The molecule has 0 aliphatic carbocycles. The molecule has 0 saturated heterocycles. The Balaban J connectivity index is 1.10. The maximum Gasteiger partial charge on any atom is 0.164 e. The lowest BCUT2D eigenvalue weighted by atomic mass is 9.99. The van der Waals surface area contributed by atoms with Crippen LogP contribution in [0, 0.1) is 0 Å². The number of hydrogen-bond acceptors (Lipinski definition) is 4. The molecule has 0 saturated carbocycles. The smallest absolute Gasteiger partial charge is 0.164 e. The molecule has 11 aromatic rings. The minimum atomic E-state index is 0.615. The first kappa shape index (κ1) is 36.7. The third-order valence-electron chi connectivity index (χ3n) is 11.4. The van der Waals surface area contributed by atoms with Gasteiger partial charge in [0.15, 0.2) is 17.5 Å². The van der Waals surface area contributed by atoms with E-state index in [-0.39, 0.29) is 0 Å². The number of rotatable bonds is 9. The second kappa shape index (κ2) is 16.0. The first-order chi connectivity index (χ1) is 30.8. The standard InChI is InChI=1S/C57H39N5/c1-6-19-40(20-7-1)51-39-44(57-59-55(42-21-8-2-9-22-42)58-56(60-57)43-23-10-3-11-24-43)35-38-53(51)62-52-32-17-16-29-49(52)50-31-18-30-48(54(50)62)41-33-36-47(37-34-41)61(45-25-12-4-13-26-45)46-27-14-5-15-28-46/h1-39H. The van der Waals surface area contributed by atoms with Crippen molar-refractivity contribution in [2.75, 3.05) is 4.90 Å². The van der Waals surface area contributed by atoms with E-state index in [4.69, 9.17) is 15.0 Å². The summed E-state index contributed by atoms with van der Waals surface area (Å²) in [4.78, 5) is 17.5. The summed E-state index contributed by atoms with van der Waals surface area (Å²) in [5.41, 5.74) is 13.9. The first-order valence-corrected chi connectivity index (χ1v) is 20.9. The number of aromatic nitrogens is 4. The van der Waals surface area contributed by atoms with Gasteiger partial charge in [0.05, 0.1) is 16.7 Å². The third-order valence-corrected chi connectivity index (χ3v) is 11.4. The maximum absolute atomic E-state index is 5.11. The summed E-state index contributed by atoms with van der Waals surface area (Å²) in [7, 11) is 0. The molecule has 0 N–H and O–H groups in total. The van der Waals surface area contributed by atoms with E-state index in [1.165, 1.54) is 10.8 Å². The minimum Gasteiger partial charge on any atom is -0.311 e. The van der Waals surface area contributed by atoms with E-state index < -0.39 is 0 Å². The molecular weight excluding hydrogens is 755 g/mol. The average Bonchev–Trinajstić information content (AvgIpc) is 3.70. The highest BCUT2D eigenvalue weighted by Gasteiger charge is 2.21. The van der Waals surface area contributed by atoms with E-state index in [0.717, 1.165) is 72.7 Å². The Morgan fingerprint density at radius 2 is 0.742 bits per heavy atom. The molecule has 0 aliphatic heterocycles. The van der Waals surface area contributed by atoms with Crippen molar-refractivity contribution in [2.24, 2.45) is 0 Å². The Kier molecular flexibility index (Phi) is 9.45. The fraction of sp³-hybridized carbons (Fsp3) is 0. The van der Waals surface area contributed by atoms with Gasteiger partial charge in [-0.15, -0.1) is 0 Å². The summed E-state index contributed by atoms with van der Waals surface area (Å²) in [5.74, 6) is 1.88. The molecule has 0 amide bonds. The van der Waals surface area contributed by atoms with Gasteiger partial charge in [0.2, 0.25) is 0 Å². The lowest BCUT2D eigenvalue weighted by Gasteiger charge is -2.25. The molecule has 2 heterocycles. The predicted octanol–water partition coefficient (Wildman–Crippen LogP) is 14.8. The van der Waals surface area contributed by atoms with E-state index in [0.29, 0.717) is 17.5 Å². The van der Waals surface area contributed by atoms with Gasteiger partial charge >= 0.3 is 0 Å². The number of nitrogens with zero attached hydrogens (tertiary/aromatic N) is 5. The Morgan fingerprint density at radius 3 is 1.32 bits per heavy atom. The topological polar surface area (TPSA) is 46.8 Å². The van der Waals surface area contributed by atoms with Gasteiger partial charge in [-0.3, -0.25) is 0 Å². The summed E-state index contributed by atoms with van der Waals surface area (Å²) in [5, 5.41) is 2.39. The second-order valence-electron chi connectivity index (χ2n) is 15.2. The lowest BCUT2D eigenvalue weighted by molar-refractivity contribution is 1.07. The predicted molar refractivity (Wildman–Crippen MR) is 256 cm³/mol. The van der Waals surface area contributed by atoms with Crippen molar-refractivity contribution in [3.05, 3.63) is 237 Å². The van der Waals surface area contributed by atoms with E-state index in [1.807, 2.05) is 60.7 Å².